The van der Waals surface area contributed by atoms with E-state index in [1.165, 1.54) is 25.1 Å². The number of ether oxygens (including phenoxy) is 2. The van der Waals surface area contributed by atoms with Gasteiger partial charge in [-0.2, -0.15) is 0 Å². The molecule has 0 aliphatic rings. The fourth-order valence-electron chi connectivity index (χ4n) is 1.82. The van der Waals surface area contributed by atoms with E-state index in [9.17, 15) is 14.7 Å². The number of hydrogen-bond donors (Lipinski definition) is 1. The topological polar surface area (TPSA) is 72.8 Å². The average Bonchev–Trinajstić information content (AvgIpc) is 2.51. The first-order valence-electron chi connectivity index (χ1n) is 6.72. The van der Waals surface area contributed by atoms with Gasteiger partial charge in [-0.05, 0) is 24.6 Å². The van der Waals surface area contributed by atoms with Gasteiger partial charge in [-0.1, -0.05) is 30.3 Å². The lowest BCUT2D eigenvalue weighted by Gasteiger charge is -2.08. The number of benzene rings is 2. The SMILES string of the molecule is CC(=O)c1ccc(OCC(=O)OCc2ccccc2)cc1O. The summed E-state index contributed by atoms with van der Waals surface area (Å²) in [6.45, 7) is 1.26. The number of phenols is 1. The third-order valence-electron chi connectivity index (χ3n) is 2.95. The minimum Gasteiger partial charge on any atom is -0.507 e. The van der Waals surface area contributed by atoms with Crippen LogP contribution in [0.2, 0.25) is 0 Å². The molecule has 0 saturated carbocycles. The highest BCUT2D eigenvalue weighted by Gasteiger charge is 2.09. The highest BCUT2D eigenvalue weighted by Crippen LogP contribution is 2.23. The van der Waals surface area contributed by atoms with Crippen molar-refractivity contribution in [1.29, 1.82) is 0 Å². The van der Waals surface area contributed by atoms with E-state index in [0.29, 0.717) is 5.75 Å². The second-order valence-electron chi connectivity index (χ2n) is 4.67. The highest BCUT2D eigenvalue weighted by atomic mass is 16.6. The van der Waals surface area contributed by atoms with Gasteiger partial charge in [-0.25, -0.2) is 4.79 Å². The number of carbonyl (C=O) groups excluding carboxylic acids is 2. The second kappa shape index (κ2) is 7.26. The lowest BCUT2D eigenvalue weighted by atomic mass is 10.1. The van der Waals surface area contributed by atoms with E-state index in [1.54, 1.807) is 0 Å². The first-order chi connectivity index (χ1) is 10.6. The Labute approximate surface area is 128 Å². The van der Waals surface area contributed by atoms with Gasteiger partial charge >= 0.3 is 5.97 Å². The fourth-order valence-corrected chi connectivity index (χ4v) is 1.82. The number of esters is 1. The van der Waals surface area contributed by atoms with E-state index < -0.39 is 5.97 Å². The van der Waals surface area contributed by atoms with Crippen LogP contribution in [0.4, 0.5) is 0 Å². The van der Waals surface area contributed by atoms with E-state index in [0.717, 1.165) is 5.56 Å². The van der Waals surface area contributed by atoms with Crippen LogP contribution in [0.1, 0.15) is 22.8 Å². The number of rotatable bonds is 6. The van der Waals surface area contributed by atoms with Gasteiger partial charge in [-0.15, -0.1) is 0 Å². The monoisotopic (exact) mass is 300 g/mol. The van der Waals surface area contributed by atoms with Crippen LogP contribution in [0, 0.1) is 0 Å². The molecule has 0 atom stereocenters. The van der Waals surface area contributed by atoms with E-state index in [-0.39, 0.29) is 30.3 Å². The van der Waals surface area contributed by atoms with Gasteiger partial charge in [0.1, 0.15) is 18.1 Å². The lowest BCUT2D eigenvalue weighted by Crippen LogP contribution is -2.14. The van der Waals surface area contributed by atoms with E-state index in [2.05, 4.69) is 0 Å². The molecule has 0 aliphatic heterocycles. The summed E-state index contributed by atoms with van der Waals surface area (Å²) in [6.07, 6.45) is 0. The zero-order chi connectivity index (χ0) is 15.9. The predicted octanol–water partition coefficient (Wildman–Crippen LogP) is 2.72. The van der Waals surface area contributed by atoms with Crippen molar-refractivity contribution in [2.45, 2.75) is 13.5 Å². The Morgan fingerprint density at radius 2 is 1.82 bits per heavy atom. The minimum absolute atomic E-state index is 0.178. The summed E-state index contributed by atoms with van der Waals surface area (Å²) in [5.74, 6) is -0.646. The van der Waals surface area contributed by atoms with Crippen molar-refractivity contribution in [3.8, 4) is 11.5 Å². The highest BCUT2D eigenvalue weighted by molar-refractivity contribution is 5.96. The van der Waals surface area contributed by atoms with E-state index in [4.69, 9.17) is 9.47 Å². The molecule has 0 amide bonds. The lowest BCUT2D eigenvalue weighted by molar-refractivity contribution is -0.147. The Hall–Kier alpha value is -2.82. The minimum atomic E-state index is -0.515. The molecule has 0 radical (unpaired) electrons. The molecule has 0 aromatic heterocycles. The molecule has 5 heteroatoms. The van der Waals surface area contributed by atoms with Crippen LogP contribution in [0.25, 0.3) is 0 Å². The molecule has 0 heterocycles. The quantitative estimate of drug-likeness (QED) is 0.656. The van der Waals surface area contributed by atoms with Crippen molar-refractivity contribution in [2.75, 3.05) is 6.61 Å². The molecule has 5 nitrogen and oxygen atoms in total. The fraction of sp³-hybridized carbons (Fsp3) is 0.176. The maximum atomic E-state index is 11.6. The van der Waals surface area contributed by atoms with Gasteiger partial charge in [0.2, 0.25) is 0 Å². The molecule has 0 bridgehead atoms. The maximum Gasteiger partial charge on any atom is 0.344 e. The van der Waals surface area contributed by atoms with Gasteiger partial charge in [0.25, 0.3) is 0 Å². The number of carbonyl (C=O) groups is 2. The molecule has 0 aliphatic carbocycles. The van der Waals surface area contributed by atoms with Crippen molar-refractivity contribution in [3.05, 3.63) is 59.7 Å². The van der Waals surface area contributed by atoms with Gasteiger partial charge in [0, 0.05) is 6.07 Å². The Morgan fingerprint density at radius 3 is 2.45 bits per heavy atom. The number of phenolic OH excluding ortho intramolecular Hbond substituents is 1. The van der Waals surface area contributed by atoms with Crippen LogP contribution < -0.4 is 4.74 Å². The summed E-state index contributed by atoms with van der Waals surface area (Å²) >= 11 is 0. The Kier molecular flexibility index (Phi) is 5.14. The molecule has 0 spiro atoms. The summed E-state index contributed by atoms with van der Waals surface area (Å²) in [7, 11) is 0. The van der Waals surface area contributed by atoms with Gasteiger partial charge < -0.3 is 14.6 Å². The van der Waals surface area contributed by atoms with Crippen molar-refractivity contribution in [2.24, 2.45) is 0 Å². The van der Waals surface area contributed by atoms with Crippen molar-refractivity contribution >= 4 is 11.8 Å². The van der Waals surface area contributed by atoms with E-state index in [1.807, 2.05) is 30.3 Å². The summed E-state index contributed by atoms with van der Waals surface area (Å²) in [5, 5.41) is 9.66. The summed E-state index contributed by atoms with van der Waals surface area (Å²) < 4.78 is 10.3. The number of Topliss-reactive ketones (excluding diaryl/α,β-unsaturated/α-hetero) is 1. The molecule has 114 valence electrons. The van der Waals surface area contributed by atoms with Crippen LogP contribution in [-0.4, -0.2) is 23.5 Å². The third kappa shape index (κ3) is 4.34. The standard InChI is InChI=1S/C17H16O5/c1-12(18)15-8-7-14(9-16(15)19)21-11-17(20)22-10-13-5-3-2-4-6-13/h2-9,19H,10-11H2,1H3. The van der Waals surface area contributed by atoms with E-state index >= 15 is 0 Å². The molecule has 1 N–H and O–H groups in total. The summed E-state index contributed by atoms with van der Waals surface area (Å²) in [5.41, 5.74) is 1.10. The van der Waals surface area contributed by atoms with Gasteiger partial charge in [0.05, 0.1) is 5.56 Å². The second-order valence-corrected chi connectivity index (χ2v) is 4.67. The smallest absolute Gasteiger partial charge is 0.344 e. The molecular weight excluding hydrogens is 284 g/mol. The Morgan fingerprint density at radius 1 is 1.09 bits per heavy atom. The van der Waals surface area contributed by atoms with Gasteiger partial charge in [-0.3, -0.25) is 4.79 Å². The molecule has 22 heavy (non-hydrogen) atoms. The number of ketones is 1. The zero-order valence-corrected chi connectivity index (χ0v) is 12.1. The summed E-state index contributed by atoms with van der Waals surface area (Å²) in [6, 6.07) is 13.6. The normalized spacial score (nSPS) is 10.0. The number of hydrogen-bond acceptors (Lipinski definition) is 5. The largest absolute Gasteiger partial charge is 0.507 e. The molecule has 0 saturated heterocycles. The van der Waals surface area contributed by atoms with Crippen LogP contribution in [0.5, 0.6) is 11.5 Å². The Bertz CT molecular complexity index is 664. The first-order valence-corrected chi connectivity index (χ1v) is 6.72. The van der Waals surface area contributed by atoms with Crippen LogP contribution in [-0.2, 0) is 16.1 Å². The van der Waals surface area contributed by atoms with Gasteiger partial charge in [0.15, 0.2) is 12.4 Å². The van der Waals surface area contributed by atoms with Crippen molar-refractivity contribution < 1.29 is 24.2 Å². The van der Waals surface area contributed by atoms with Crippen molar-refractivity contribution in [1.82, 2.24) is 0 Å². The van der Waals surface area contributed by atoms with Crippen LogP contribution >= 0.6 is 0 Å². The Balaban J connectivity index is 1.83. The third-order valence-corrected chi connectivity index (χ3v) is 2.95. The zero-order valence-electron chi connectivity index (χ0n) is 12.1. The van der Waals surface area contributed by atoms with Crippen LogP contribution in [0.3, 0.4) is 0 Å². The molecule has 2 aromatic carbocycles. The predicted molar refractivity (Wildman–Crippen MR) is 79.8 cm³/mol. The summed E-state index contributed by atoms with van der Waals surface area (Å²) in [4.78, 5) is 22.8. The molecular formula is C17H16O5. The number of aromatic hydroxyl groups is 1. The molecule has 0 unspecified atom stereocenters. The molecule has 2 rings (SSSR count). The van der Waals surface area contributed by atoms with Crippen LogP contribution in [0.15, 0.2) is 48.5 Å². The van der Waals surface area contributed by atoms with Crippen molar-refractivity contribution in [3.63, 3.8) is 0 Å². The molecule has 2 aromatic rings. The maximum absolute atomic E-state index is 11.6. The first kappa shape index (κ1) is 15.6. The average molecular weight is 300 g/mol. The molecule has 0 fully saturated rings.